The SMILES string of the molecule is C(=Cc1ccc2cc(N(c3ccccc3)c3ccccc3)ccc2c1)c1ccc2cc(CC(c3ccccc3)c3ccccc3)ccc2c1. The van der Waals surface area contributed by atoms with E-state index in [1.807, 2.05) is 0 Å². The van der Waals surface area contributed by atoms with Crippen LogP contribution in [0.2, 0.25) is 0 Å². The zero-order valence-electron chi connectivity index (χ0n) is 27.4. The minimum atomic E-state index is 0.322. The maximum Gasteiger partial charge on any atom is 0.0468 e. The van der Waals surface area contributed by atoms with E-state index in [2.05, 4.69) is 211 Å². The third-order valence-corrected chi connectivity index (χ3v) is 9.38. The van der Waals surface area contributed by atoms with Crippen LogP contribution in [0.5, 0.6) is 0 Å². The van der Waals surface area contributed by atoms with E-state index >= 15 is 0 Å². The molecule has 234 valence electrons. The number of rotatable bonds is 9. The van der Waals surface area contributed by atoms with Crippen LogP contribution in [0.3, 0.4) is 0 Å². The van der Waals surface area contributed by atoms with Crippen LogP contribution in [0.1, 0.15) is 33.7 Å². The maximum absolute atomic E-state index is 2.36. The Labute approximate surface area is 289 Å². The lowest BCUT2D eigenvalue weighted by molar-refractivity contribution is 0.806. The summed E-state index contributed by atoms with van der Waals surface area (Å²) in [5.74, 6) is 0.322. The molecule has 0 saturated carbocycles. The topological polar surface area (TPSA) is 3.24 Å². The second kappa shape index (κ2) is 13.9. The minimum Gasteiger partial charge on any atom is -0.310 e. The van der Waals surface area contributed by atoms with Gasteiger partial charge in [-0.3, -0.25) is 0 Å². The number of anilines is 3. The van der Waals surface area contributed by atoms with Crippen LogP contribution in [0.4, 0.5) is 17.1 Å². The van der Waals surface area contributed by atoms with E-state index in [1.54, 1.807) is 0 Å². The van der Waals surface area contributed by atoms with Gasteiger partial charge in [0.1, 0.15) is 0 Å². The Kier molecular flexibility index (Phi) is 8.56. The lowest BCUT2D eigenvalue weighted by atomic mass is 9.85. The minimum absolute atomic E-state index is 0.322. The zero-order chi connectivity index (χ0) is 32.8. The Morgan fingerprint density at radius 2 is 0.796 bits per heavy atom. The number of para-hydroxylation sites is 2. The van der Waals surface area contributed by atoms with Crippen molar-refractivity contribution in [1.82, 2.24) is 0 Å². The Balaban J connectivity index is 1.02. The molecular weight excluding hydrogens is 591 g/mol. The summed E-state index contributed by atoms with van der Waals surface area (Å²) in [5, 5.41) is 4.97. The van der Waals surface area contributed by atoms with E-state index < -0.39 is 0 Å². The van der Waals surface area contributed by atoms with Crippen molar-refractivity contribution in [2.75, 3.05) is 4.90 Å². The summed E-state index contributed by atoms with van der Waals surface area (Å²) < 4.78 is 0. The summed E-state index contributed by atoms with van der Waals surface area (Å²) in [7, 11) is 0. The van der Waals surface area contributed by atoms with Crippen molar-refractivity contribution >= 4 is 50.8 Å². The van der Waals surface area contributed by atoms with E-state index in [0.29, 0.717) is 5.92 Å². The summed E-state index contributed by atoms with van der Waals surface area (Å²) in [6.07, 6.45) is 5.40. The molecule has 0 aromatic heterocycles. The largest absolute Gasteiger partial charge is 0.310 e. The van der Waals surface area contributed by atoms with Crippen LogP contribution in [0.15, 0.2) is 194 Å². The molecule has 0 aliphatic rings. The third-order valence-electron chi connectivity index (χ3n) is 9.38. The van der Waals surface area contributed by atoms with E-state index in [4.69, 9.17) is 0 Å². The van der Waals surface area contributed by atoms with Gasteiger partial charge in [-0.1, -0.05) is 158 Å². The van der Waals surface area contributed by atoms with Crippen molar-refractivity contribution < 1.29 is 0 Å². The fourth-order valence-electron chi connectivity index (χ4n) is 6.87. The summed E-state index contributed by atoms with van der Waals surface area (Å²) in [6.45, 7) is 0. The second-order valence-electron chi connectivity index (χ2n) is 12.6. The molecule has 0 unspecified atom stereocenters. The van der Waals surface area contributed by atoms with Crippen molar-refractivity contribution in [1.29, 1.82) is 0 Å². The molecule has 1 nitrogen and oxygen atoms in total. The van der Waals surface area contributed by atoms with E-state index in [0.717, 1.165) is 23.5 Å². The van der Waals surface area contributed by atoms with Crippen LogP contribution in [0, 0.1) is 0 Å². The molecule has 0 aliphatic heterocycles. The molecule has 0 bridgehead atoms. The molecule has 0 aliphatic carbocycles. The van der Waals surface area contributed by atoms with Gasteiger partial charge >= 0.3 is 0 Å². The van der Waals surface area contributed by atoms with Gasteiger partial charge in [0.05, 0.1) is 0 Å². The number of hydrogen-bond acceptors (Lipinski definition) is 1. The van der Waals surface area contributed by atoms with E-state index in [-0.39, 0.29) is 0 Å². The normalized spacial score (nSPS) is 11.4. The predicted molar refractivity (Wildman–Crippen MR) is 210 cm³/mol. The van der Waals surface area contributed by atoms with Crippen molar-refractivity contribution in [3.05, 3.63) is 222 Å². The predicted octanol–water partition coefficient (Wildman–Crippen LogP) is 13.0. The molecule has 1 heteroatoms. The van der Waals surface area contributed by atoms with Gasteiger partial charge in [0.25, 0.3) is 0 Å². The highest BCUT2D eigenvalue weighted by Crippen LogP contribution is 2.36. The second-order valence-corrected chi connectivity index (χ2v) is 12.6. The van der Waals surface area contributed by atoms with Gasteiger partial charge in [-0.05, 0) is 104 Å². The monoisotopic (exact) mass is 627 g/mol. The zero-order valence-corrected chi connectivity index (χ0v) is 27.4. The summed E-state index contributed by atoms with van der Waals surface area (Å²) >= 11 is 0. The Bertz CT molecular complexity index is 2260. The molecule has 0 atom stereocenters. The molecule has 8 aromatic rings. The quantitative estimate of drug-likeness (QED) is 0.144. The van der Waals surface area contributed by atoms with Crippen molar-refractivity contribution in [3.63, 3.8) is 0 Å². The molecule has 0 heterocycles. The van der Waals surface area contributed by atoms with Crippen molar-refractivity contribution in [3.8, 4) is 0 Å². The molecule has 0 fully saturated rings. The van der Waals surface area contributed by atoms with Crippen LogP contribution in [-0.4, -0.2) is 0 Å². The van der Waals surface area contributed by atoms with Gasteiger partial charge in [0, 0.05) is 23.0 Å². The number of fused-ring (bicyclic) bond motifs is 2. The van der Waals surface area contributed by atoms with E-state index in [1.165, 1.54) is 49.4 Å². The first kappa shape index (κ1) is 30.2. The van der Waals surface area contributed by atoms with Crippen LogP contribution in [0.25, 0.3) is 33.7 Å². The van der Waals surface area contributed by atoms with Crippen LogP contribution >= 0.6 is 0 Å². The first-order valence-corrected chi connectivity index (χ1v) is 17.0. The average molecular weight is 628 g/mol. The smallest absolute Gasteiger partial charge is 0.0468 e. The Morgan fingerprint density at radius 3 is 1.33 bits per heavy atom. The van der Waals surface area contributed by atoms with Gasteiger partial charge in [0.2, 0.25) is 0 Å². The van der Waals surface area contributed by atoms with Gasteiger partial charge in [-0.15, -0.1) is 0 Å². The summed E-state index contributed by atoms with van der Waals surface area (Å²) in [4.78, 5) is 2.31. The number of hydrogen-bond donors (Lipinski definition) is 0. The van der Waals surface area contributed by atoms with Gasteiger partial charge < -0.3 is 4.90 Å². The van der Waals surface area contributed by atoms with Crippen LogP contribution < -0.4 is 4.90 Å². The van der Waals surface area contributed by atoms with Gasteiger partial charge in [-0.2, -0.15) is 0 Å². The molecule has 8 aromatic carbocycles. The number of nitrogens with zero attached hydrogens (tertiary/aromatic N) is 1. The highest BCUT2D eigenvalue weighted by atomic mass is 15.1. The van der Waals surface area contributed by atoms with Gasteiger partial charge in [0.15, 0.2) is 0 Å². The molecule has 0 N–H and O–H groups in total. The fraction of sp³-hybridized carbons (Fsp3) is 0.0417. The van der Waals surface area contributed by atoms with E-state index in [9.17, 15) is 0 Å². The molecule has 0 amide bonds. The first-order chi connectivity index (χ1) is 24.3. The molecule has 0 radical (unpaired) electrons. The summed E-state index contributed by atoms with van der Waals surface area (Å²) in [6, 6.07) is 70.0. The maximum atomic E-state index is 2.36. The van der Waals surface area contributed by atoms with Crippen molar-refractivity contribution in [2.24, 2.45) is 0 Å². The highest BCUT2D eigenvalue weighted by Gasteiger charge is 2.15. The molecule has 0 saturated heterocycles. The Hall–Kier alpha value is -6.18. The van der Waals surface area contributed by atoms with Gasteiger partial charge in [-0.25, -0.2) is 0 Å². The van der Waals surface area contributed by atoms with Crippen LogP contribution in [-0.2, 0) is 6.42 Å². The lowest BCUT2D eigenvalue weighted by Crippen LogP contribution is -2.09. The highest BCUT2D eigenvalue weighted by molar-refractivity contribution is 5.92. The molecule has 0 spiro atoms. The molecule has 8 rings (SSSR count). The standard InChI is InChI=1S/C48H37N/c1-5-13-39(14-6-1)48(40-15-7-2-8-16-40)34-38-25-28-41-31-36(23-26-42(41)33-38)21-22-37-24-27-44-35-47(30-29-43(44)32-37)49(45-17-9-3-10-18-45)46-19-11-4-12-20-46/h1-33,35,48H,34H2. The van der Waals surface area contributed by atoms with Crippen molar-refractivity contribution in [2.45, 2.75) is 12.3 Å². The fourth-order valence-corrected chi connectivity index (χ4v) is 6.87. The Morgan fingerprint density at radius 1 is 0.367 bits per heavy atom. The lowest BCUT2D eigenvalue weighted by Gasteiger charge is -2.25. The third kappa shape index (κ3) is 6.79. The molecular formula is C48H37N. The number of benzene rings is 8. The summed E-state index contributed by atoms with van der Waals surface area (Å²) in [5.41, 5.74) is 9.86. The first-order valence-electron chi connectivity index (χ1n) is 17.0. The average Bonchev–Trinajstić information content (AvgIpc) is 3.17. The molecule has 49 heavy (non-hydrogen) atoms.